The van der Waals surface area contributed by atoms with E-state index >= 15 is 0 Å². The van der Waals surface area contributed by atoms with Gasteiger partial charge < -0.3 is 15.8 Å². The maximum absolute atomic E-state index is 5.88. The number of methoxy groups -OCH3 is 1. The molecule has 0 amide bonds. The quantitative estimate of drug-likeness (QED) is 0.721. The van der Waals surface area contributed by atoms with E-state index < -0.39 is 0 Å². The number of ether oxygens (including phenoxy) is 1. The molecule has 0 aliphatic rings. The van der Waals surface area contributed by atoms with Crippen LogP contribution in [-0.2, 0) is 11.3 Å². The Balaban J connectivity index is 2.58. The average molecular weight is 264 g/mol. The van der Waals surface area contributed by atoms with Crippen molar-refractivity contribution in [3.8, 4) is 0 Å². The summed E-state index contributed by atoms with van der Waals surface area (Å²) in [5.74, 6) is 0.738. The number of nitrogens with two attached hydrogens (primary N) is 1. The molecule has 0 fully saturated rings. The molecule has 3 nitrogen and oxygen atoms in total. The minimum absolute atomic E-state index is 0.247. The highest BCUT2D eigenvalue weighted by atomic mass is 16.5. The Bertz CT molecular complexity index is 333. The zero-order valence-electron chi connectivity index (χ0n) is 12.5. The molecular weight excluding hydrogens is 236 g/mol. The summed E-state index contributed by atoms with van der Waals surface area (Å²) in [5.41, 5.74) is 8.34. The van der Waals surface area contributed by atoms with Gasteiger partial charge in [0.1, 0.15) is 0 Å². The Morgan fingerprint density at radius 1 is 1.16 bits per heavy atom. The molecule has 1 aromatic rings. The maximum atomic E-state index is 5.88. The lowest BCUT2D eigenvalue weighted by atomic mass is 10.0. The first kappa shape index (κ1) is 16.2. The third-order valence-electron chi connectivity index (χ3n) is 3.74. The Morgan fingerprint density at radius 3 is 2.26 bits per heavy atom. The lowest BCUT2D eigenvalue weighted by Gasteiger charge is -2.21. The van der Waals surface area contributed by atoms with Crippen molar-refractivity contribution in [2.75, 3.05) is 20.2 Å². The van der Waals surface area contributed by atoms with E-state index in [4.69, 9.17) is 10.5 Å². The summed E-state index contributed by atoms with van der Waals surface area (Å²) in [7, 11) is 1.72. The van der Waals surface area contributed by atoms with E-state index in [-0.39, 0.29) is 6.04 Å². The van der Waals surface area contributed by atoms with Gasteiger partial charge in [0, 0.05) is 19.7 Å². The Hall–Kier alpha value is -0.900. The summed E-state index contributed by atoms with van der Waals surface area (Å²) in [6, 6.07) is 8.76. The van der Waals surface area contributed by atoms with Gasteiger partial charge in [-0.15, -0.1) is 0 Å². The monoisotopic (exact) mass is 264 g/mol. The molecular formula is C16H28N2O. The highest BCUT2D eigenvalue weighted by Gasteiger charge is 2.11. The van der Waals surface area contributed by atoms with Crippen molar-refractivity contribution in [2.45, 2.75) is 39.3 Å². The second-order valence-corrected chi connectivity index (χ2v) is 5.05. The fourth-order valence-corrected chi connectivity index (χ4v) is 2.24. The number of hydrogen-bond donors (Lipinski definition) is 2. The van der Waals surface area contributed by atoms with Gasteiger partial charge in [-0.05, 0) is 23.6 Å². The second-order valence-electron chi connectivity index (χ2n) is 5.05. The largest absolute Gasteiger partial charge is 0.380 e. The molecule has 0 aliphatic carbocycles. The fraction of sp³-hybridized carbons (Fsp3) is 0.625. The number of rotatable bonds is 9. The highest BCUT2D eigenvalue weighted by molar-refractivity contribution is 5.25. The third-order valence-corrected chi connectivity index (χ3v) is 3.74. The average Bonchev–Trinajstić information content (AvgIpc) is 2.45. The predicted octanol–water partition coefficient (Wildman–Crippen LogP) is 2.86. The van der Waals surface area contributed by atoms with Gasteiger partial charge in [-0.2, -0.15) is 0 Å². The normalized spacial score (nSPS) is 12.9. The second kappa shape index (κ2) is 9.08. The number of nitrogens with one attached hydrogen (secondary N) is 1. The standard InChI is InChI=1S/C16H28N2O/c1-4-13(5-2)11-18-16(10-17)15-8-6-14(7-9-15)12-19-3/h6-9,13,16,18H,4-5,10-12,17H2,1-3H3. The minimum atomic E-state index is 0.247. The number of hydrogen-bond acceptors (Lipinski definition) is 3. The van der Waals surface area contributed by atoms with Crippen LogP contribution in [-0.4, -0.2) is 20.2 Å². The molecule has 3 heteroatoms. The van der Waals surface area contributed by atoms with E-state index in [2.05, 4.69) is 43.4 Å². The van der Waals surface area contributed by atoms with Gasteiger partial charge in [0.25, 0.3) is 0 Å². The molecule has 1 aromatic carbocycles. The van der Waals surface area contributed by atoms with Crippen LogP contribution in [0.3, 0.4) is 0 Å². The highest BCUT2D eigenvalue weighted by Crippen LogP contribution is 2.15. The van der Waals surface area contributed by atoms with Gasteiger partial charge in [0.2, 0.25) is 0 Å². The van der Waals surface area contributed by atoms with Gasteiger partial charge in [-0.3, -0.25) is 0 Å². The van der Waals surface area contributed by atoms with Crippen LogP contribution >= 0.6 is 0 Å². The van der Waals surface area contributed by atoms with Crippen molar-refractivity contribution in [3.63, 3.8) is 0 Å². The molecule has 3 N–H and O–H groups in total. The van der Waals surface area contributed by atoms with Crippen LogP contribution in [0.2, 0.25) is 0 Å². The van der Waals surface area contributed by atoms with Gasteiger partial charge in [-0.1, -0.05) is 51.0 Å². The summed E-state index contributed by atoms with van der Waals surface area (Å²) in [6.07, 6.45) is 2.43. The van der Waals surface area contributed by atoms with Crippen molar-refractivity contribution in [1.29, 1.82) is 0 Å². The summed E-state index contributed by atoms with van der Waals surface area (Å²) >= 11 is 0. The maximum Gasteiger partial charge on any atom is 0.0713 e. The smallest absolute Gasteiger partial charge is 0.0713 e. The third kappa shape index (κ3) is 5.31. The molecule has 0 radical (unpaired) electrons. The number of benzene rings is 1. The molecule has 0 heterocycles. The van der Waals surface area contributed by atoms with E-state index in [1.54, 1.807) is 7.11 Å². The molecule has 0 aromatic heterocycles. The molecule has 1 unspecified atom stereocenters. The van der Waals surface area contributed by atoms with Crippen molar-refractivity contribution >= 4 is 0 Å². The molecule has 0 spiro atoms. The van der Waals surface area contributed by atoms with E-state index in [0.29, 0.717) is 13.2 Å². The van der Waals surface area contributed by atoms with E-state index in [1.807, 2.05) is 0 Å². The first-order valence-electron chi connectivity index (χ1n) is 7.26. The molecule has 0 aliphatic heterocycles. The van der Waals surface area contributed by atoms with Crippen molar-refractivity contribution in [3.05, 3.63) is 35.4 Å². The van der Waals surface area contributed by atoms with E-state index in [1.165, 1.54) is 24.0 Å². The first-order valence-corrected chi connectivity index (χ1v) is 7.26. The minimum Gasteiger partial charge on any atom is -0.380 e. The molecule has 0 saturated carbocycles. The van der Waals surface area contributed by atoms with Crippen LogP contribution in [0.4, 0.5) is 0 Å². The van der Waals surface area contributed by atoms with Crippen LogP contribution in [0.1, 0.15) is 43.9 Å². The van der Waals surface area contributed by atoms with E-state index in [0.717, 1.165) is 12.5 Å². The van der Waals surface area contributed by atoms with Crippen molar-refractivity contribution in [1.82, 2.24) is 5.32 Å². The Morgan fingerprint density at radius 2 is 1.79 bits per heavy atom. The Labute approximate surface area is 117 Å². The lowest BCUT2D eigenvalue weighted by Crippen LogP contribution is -2.32. The zero-order valence-corrected chi connectivity index (χ0v) is 12.5. The lowest BCUT2D eigenvalue weighted by molar-refractivity contribution is 0.185. The van der Waals surface area contributed by atoms with Crippen LogP contribution < -0.4 is 11.1 Å². The fourth-order valence-electron chi connectivity index (χ4n) is 2.24. The molecule has 0 bridgehead atoms. The van der Waals surface area contributed by atoms with E-state index in [9.17, 15) is 0 Å². The van der Waals surface area contributed by atoms with Crippen LogP contribution in [0.25, 0.3) is 0 Å². The predicted molar refractivity (Wildman–Crippen MR) is 81.0 cm³/mol. The van der Waals surface area contributed by atoms with Crippen molar-refractivity contribution < 1.29 is 4.74 Å². The van der Waals surface area contributed by atoms with Gasteiger partial charge in [0.05, 0.1) is 6.61 Å². The topological polar surface area (TPSA) is 47.3 Å². The molecule has 108 valence electrons. The van der Waals surface area contributed by atoms with Gasteiger partial charge >= 0.3 is 0 Å². The molecule has 19 heavy (non-hydrogen) atoms. The van der Waals surface area contributed by atoms with Crippen LogP contribution in [0.15, 0.2) is 24.3 Å². The zero-order chi connectivity index (χ0) is 14.1. The van der Waals surface area contributed by atoms with Crippen molar-refractivity contribution in [2.24, 2.45) is 11.7 Å². The van der Waals surface area contributed by atoms with Crippen LogP contribution in [0.5, 0.6) is 0 Å². The van der Waals surface area contributed by atoms with Gasteiger partial charge in [-0.25, -0.2) is 0 Å². The summed E-state index contributed by atoms with van der Waals surface area (Å²) in [5, 5.41) is 3.58. The molecule has 1 atom stereocenters. The molecule has 0 saturated heterocycles. The molecule has 1 rings (SSSR count). The Kier molecular flexibility index (Phi) is 7.72. The van der Waals surface area contributed by atoms with Crippen LogP contribution in [0, 0.1) is 5.92 Å². The summed E-state index contributed by atoms with van der Waals surface area (Å²) in [4.78, 5) is 0. The SMILES string of the molecule is CCC(CC)CNC(CN)c1ccc(COC)cc1. The summed E-state index contributed by atoms with van der Waals surface area (Å²) < 4.78 is 5.12. The summed E-state index contributed by atoms with van der Waals surface area (Å²) in [6.45, 7) is 6.81. The van der Waals surface area contributed by atoms with Gasteiger partial charge in [0.15, 0.2) is 0 Å². The first-order chi connectivity index (χ1) is 9.24.